The summed E-state index contributed by atoms with van der Waals surface area (Å²) in [6, 6.07) is 13.4. The number of benzene rings is 2. The number of hydrogen-bond acceptors (Lipinski definition) is 1. The molecule has 0 fully saturated rings. The van der Waals surface area contributed by atoms with Crippen molar-refractivity contribution in [3.05, 3.63) is 63.9 Å². The van der Waals surface area contributed by atoms with Crippen LogP contribution in [-0.2, 0) is 13.0 Å². The third-order valence-electron chi connectivity index (χ3n) is 3.02. The number of para-hydroxylation sites is 1. The molecule has 1 nitrogen and oxygen atoms in total. The molecule has 3 heteroatoms. The summed E-state index contributed by atoms with van der Waals surface area (Å²) in [6.07, 6.45) is 2.14. The van der Waals surface area contributed by atoms with E-state index in [1.165, 1.54) is 11.6 Å². The van der Waals surface area contributed by atoms with Crippen LogP contribution < -0.4 is 5.32 Å². The smallest absolute Gasteiger partial charge is 0.129 e. The zero-order valence-corrected chi connectivity index (χ0v) is 12.5. The second kappa shape index (κ2) is 6.71. The highest BCUT2D eigenvalue weighted by Gasteiger charge is 2.04. The number of rotatable bonds is 5. The van der Waals surface area contributed by atoms with Crippen LogP contribution in [0.5, 0.6) is 0 Å². The van der Waals surface area contributed by atoms with Crippen molar-refractivity contribution in [2.45, 2.75) is 26.3 Å². The Labute approximate surface area is 122 Å². The predicted octanol–water partition coefficient (Wildman–Crippen LogP) is 5.15. The van der Waals surface area contributed by atoms with E-state index < -0.39 is 0 Å². The van der Waals surface area contributed by atoms with E-state index in [1.807, 2.05) is 24.3 Å². The quantitative estimate of drug-likeness (QED) is 0.802. The summed E-state index contributed by atoms with van der Waals surface area (Å²) >= 11 is 3.26. The van der Waals surface area contributed by atoms with Gasteiger partial charge in [-0.15, -0.1) is 0 Å². The Kier molecular flexibility index (Phi) is 4.97. The molecule has 2 rings (SSSR count). The second-order valence-corrected chi connectivity index (χ2v) is 5.41. The lowest BCUT2D eigenvalue weighted by atomic mass is 10.1. The fourth-order valence-corrected chi connectivity index (χ4v) is 2.37. The number of nitrogens with one attached hydrogen (secondary N) is 1. The van der Waals surface area contributed by atoms with Gasteiger partial charge in [0.05, 0.1) is 0 Å². The Bertz CT molecular complexity index is 554. The minimum absolute atomic E-state index is 0.185. The molecule has 0 saturated carbocycles. The summed E-state index contributed by atoms with van der Waals surface area (Å²) in [5, 5.41) is 3.32. The SMILES string of the molecule is CCCc1ccccc1NCc1ccc(Br)cc1F. The van der Waals surface area contributed by atoms with Gasteiger partial charge in [-0.25, -0.2) is 4.39 Å². The van der Waals surface area contributed by atoms with Gasteiger partial charge in [-0.2, -0.15) is 0 Å². The van der Waals surface area contributed by atoms with Crippen molar-refractivity contribution in [3.63, 3.8) is 0 Å². The summed E-state index contributed by atoms with van der Waals surface area (Å²) in [7, 11) is 0. The Hall–Kier alpha value is -1.35. The van der Waals surface area contributed by atoms with Gasteiger partial charge in [0.15, 0.2) is 0 Å². The van der Waals surface area contributed by atoms with Crippen molar-refractivity contribution in [3.8, 4) is 0 Å². The first-order valence-electron chi connectivity index (χ1n) is 6.46. The third-order valence-corrected chi connectivity index (χ3v) is 3.51. The lowest BCUT2D eigenvalue weighted by Crippen LogP contribution is -2.04. The van der Waals surface area contributed by atoms with E-state index in [0.29, 0.717) is 12.1 Å². The average molecular weight is 322 g/mol. The normalized spacial score (nSPS) is 10.5. The van der Waals surface area contributed by atoms with Crippen molar-refractivity contribution < 1.29 is 4.39 Å². The number of hydrogen-bond donors (Lipinski definition) is 1. The van der Waals surface area contributed by atoms with E-state index in [0.717, 1.165) is 23.0 Å². The van der Waals surface area contributed by atoms with Gasteiger partial charge in [-0.3, -0.25) is 0 Å². The molecule has 0 bridgehead atoms. The maximum atomic E-state index is 13.7. The average Bonchev–Trinajstić information content (AvgIpc) is 2.40. The largest absolute Gasteiger partial charge is 0.381 e. The van der Waals surface area contributed by atoms with Gasteiger partial charge in [-0.1, -0.05) is 53.5 Å². The zero-order valence-electron chi connectivity index (χ0n) is 10.9. The van der Waals surface area contributed by atoms with Crippen LogP contribution in [0.2, 0.25) is 0 Å². The van der Waals surface area contributed by atoms with Crippen LogP contribution in [0, 0.1) is 5.82 Å². The van der Waals surface area contributed by atoms with Crippen molar-refractivity contribution >= 4 is 21.6 Å². The number of anilines is 1. The predicted molar refractivity (Wildman–Crippen MR) is 81.9 cm³/mol. The molecule has 100 valence electrons. The van der Waals surface area contributed by atoms with Gasteiger partial charge in [-0.05, 0) is 30.2 Å². The highest BCUT2D eigenvalue weighted by atomic mass is 79.9. The van der Waals surface area contributed by atoms with Crippen molar-refractivity contribution in [1.29, 1.82) is 0 Å². The van der Waals surface area contributed by atoms with E-state index in [1.54, 1.807) is 6.07 Å². The fourth-order valence-electron chi connectivity index (χ4n) is 2.04. The van der Waals surface area contributed by atoms with Crippen LogP contribution in [-0.4, -0.2) is 0 Å². The number of halogens is 2. The molecule has 2 aromatic rings. The Morgan fingerprint density at radius 2 is 1.89 bits per heavy atom. The van der Waals surface area contributed by atoms with E-state index >= 15 is 0 Å². The molecule has 0 radical (unpaired) electrons. The molecular weight excluding hydrogens is 305 g/mol. The Balaban J connectivity index is 2.10. The fraction of sp³-hybridized carbons (Fsp3) is 0.250. The summed E-state index contributed by atoms with van der Waals surface area (Å²) in [5.41, 5.74) is 3.05. The molecule has 0 aliphatic heterocycles. The molecule has 0 aliphatic carbocycles. The van der Waals surface area contributed by atoms with Gasteiger partial charge in [0, 0.05) is 22.3 Å². The lowest BCUT2D eigenvalue weighted by molar-refractivity contribution is 0.612. The standard InChI is InChI=1S/C16H17BrFN/c1-2-5-12-6-3-4-7-16(12)19-11-13-8-9-14(17)10-15(13)18/h3-4,6-10,19H,2,5,11H2,1H3. The van der Waals surface area contributed by atoms with Crippen LogP contribution in [0.25, 0.3) is 0 Å². The molecule has 0 aliphatic rings. The maximum absolute atomic E-state index is 13.7. The van der Waals surface area contributed by atoms with Crippen LogP contribution >= 0.6 is 15.9 Å². The van der Waals surface area contributed by atoms with Gasteiger partial charge in [0.1, 0.15) is 5.82 Å². The highest BCUT2D eigenvalue weighted by Crippen LogP contribution is 2.20. The molecule has 0 unspecified atom stereocenters. The molecular formula is C16H17BrFN. The third kappa shape index (κ3) is 3.80. The molecule has 0 aromatic heterocycles. The second-order valence-electron chi connectivity index (χ2n) is 4.50. The van der Waals surface area contributed by atoms with E-state index in [4.69, 9.17) is 0 Å². The molecule has 0 amide bonds. The van der Waals surface area contributed by atoms with Gasteiger partial charge < -0.3 is 5.32 Å². The Morgan fingerprint density at radius 3 is 2.63 bits per heavy atom. The number of aryl methyl sites for hydroxylation is 1. The Morgan fingerprint density at radius 1 is 1.11 bits per heavy atom. The highest BCUT2D eigenvalue weighted by molar-refractivity contribution is 9.10. The summed E-state index contributed by atoms with van der Waals surface area (Å²) in [6.45, 7) is 2.66. The van der Waals surface area contributed by atoms with Crippen molar-refractivity contribution in [2.75, 3.05) is 5.32 Å². The minimum atomic E-state index is -0.185. The van der Waals surface area contributed by atoms with Crippen molar-refractivity contribution in [2.24, 2.45) is 0 Å². The first kappa shape index (κ1) is 14.1. The van der Waals surface area contributed by atoms with E-state index in [2.05, 4.69) is 34.2 Å². The first-order valence-corrected chi connectivity index (χ1v) is 7.25. The molecule has 0 heterocycles. The molecule has 19 heavy (non-hydrogen) atoms. The molecule has 1 N–H and O–H groups in total. The van der Waals surface area contributed by atoms with E-state index in [-0.39, 0.29) is 5.82 Å². The van der Waals surface area contributed by atoms with Crippen LogP contribution in [0.15, 0.2) is 46.9 Å². The zero-order chi connectivity index (χ0) is 13.7. The van der Waals surface area contributed by atoms with Crippen LogP contribution in [0.3, 0.4) is 0 Å². The summed E-state index contributed by atoms with van der Waals surface area (Å²) in [5.74, 6) is -0.185. The van der Waals surface area contributed by atoms with Crippen LogP contribution in [0.1, 0.15) is 24.5 Å². The topological polar surface area (TPSA) is 12.0 Å². The molecule has 0 spiro atoms. The lowest BCUT2D eigenvalue weighted by Gasteiger charge is -2.12. The van der Waals surface area contributed by atoms with Crippen molar-refractivity contribution in [1.82, 2.24) is 0 Å². The van der Waals surface area contributed by atoms with Gasteiger partial charge in [0.25, 0.3) is 0 Å². The van der Waals surface area contributed by atoms with Crippen LogP contribution in [0.4, 0.5) is 10.1 Å². The van der Waals surface area contributed by atoms with Gasteiger partial charge in [0.2, 0.25) is 0 Å². The van der Waals surface area contributed by atoms with Gasteiger partial charge >= 0.3 is 0 Å². The summed E-state index contributed by atoms with van der Waals surface area (Å²) in [4.78, 5) is 0. The van der Waals surface area contributed by atoms with E-state index in [9.17, 15) is 4.39 Å². The molecule has 2 aromatic carbocycles. The maximum Gasteiger partial charge on any atom is 0.129 e. The monoisotopic (exact) mass is 321 g/mol. The first-order chi connectivity index (χ1) is 9.20. The minimum Gasteiger partial charge on any atom is -0.381 e. The summed E-state index contributed by atoms with van der Waals surface area (Å²) < 4.78 is 14.5. The molecule has 0 saturated heterocycles. The molecule has 0 atom stereocenters.